The van der Waals surface area contributed by atoms with Crippen LogP contribution in [0.2, 0.25) is 0 Å². The number of anilines is 1. The van der Waals surface area contributed by atoms with Crippen molar-refractivity contribution >= 4 is 35.5 Å². The van der Waals surface area contributed by atoms with Gasteiger partial charge in [-0.3, -0.25) is 15.1 Å². The second kappa shape index (κ2) is 10.5. The highest BCUT2D eigenvalue weighted by atomic mass is 16.6. The van der Waals surface area contributed by atoms with Crippen molar-refractivity contribution in [3.8, 4) is 5.75 Å². The Morgan fingerprint density at radius 3 is 2.34 bits per heavy atom. The van der Waals surface area contributed by atoms with Crippen LogP contribution in [0.25, 0.3) is 0 Å². The molecule has 1 amide bonds. The number of carbonyl (C=O) groups excluding carboxylic acids is 3. The first-order valence-electron chi connectivity index (χ1n) is 10.3. The Bertz CT molecular complexity index is 1180. The van der Waals surface area contributed by atoms with E-state index in [4.69, 9.17) is 25.4 Å². The normalized spacial score (nSPS) is 14.7. The van der Waals surface area contributed by atoms with Crippen LogP contribution in [0.15, 0.2) is 36.4 Å². The number of nitrogen functional groups attached to an aromatic ring is 1. The molecule has 4 N–H and O–H groups in total. The molecule has 0 aliphatic carbocycles. The van der Waals surface area contributed by atoms with Crippen LogP contribution in [0.5, 0.6) is 5.75 Å². The van der Waals surface area contributed by atoms with Crippen LogP contribution in [0.1, 0.15) is 31.8 Å². The van der Waals surface area contributed by atoms with Crippen molar-refractivity contribution in [2.75, 3.05) is 32.3 Å². The number of methoxy groups -OCH3 is 2. The number of benzene rings is 2. The quantitative estimate of drug-likeness (QED) is 0.204. The van der Waals surface area contributed by atoms with Crippen LogP contribution in [-0.2, 0) is 25.4 Å². The van der Waals surface area contributed by atoms with E-state index in [1.165, 1.54) is 17.0 Å². The van der Waals surface area contributed by atoms with Crippen molar-refractivity contribution in [1.29, 1.82) is 5.41 Å². The highest BCUT2D eigenvalue weighted by Gasteiger charge is 2.34. The molecule has 35 heavy (non-hydrogen) atoms. The number of carboxylic acids is 1. The maximum atomic E-state index is 12.4. The van der Waals surface area contributed by atoms with Gasteiger partial charge in [-0.15, -0.1) is 0 Å². The number of nitrogens with zero attached hydrogens (tertiary/aromatic N) is 1. The van der Waals surface area contributed by atoms with Gasteiger partial charge in [-0.05, 0) is 36.4 Å². The van der Waals surface area contributed by atoms with Gasteiger partial charge in [0.05, 0.1) is 38.3 Å². The summed E-state index contributed by atoms with van der Waals surface area (Å²) < 4.78 is 20.5. The number of cyclic esters (lactones) is 1. The molecule has 12 nitrogen and oxygen atoms in total. The fraction of sp³-hybridized carbons (Fsp3) is 0.261. The minimum absolute atomic E-state index is 0.0146. The topological polar surface area (TPSA) is 179 Å². The molecule has 2 aromatic carbocycles. The maximum absolute atomic E-state index is 12.4. The molecular weight excluding hydrogens is 462 g/mol. The third-order valence-corrected chi connectivity index (χ3v) is 5.18. The summed E-state index contributed by atoms with van der Waals surface area (Å²) in [6.07, 6.45) is -1.96. The van der Waals surface area contributed by atoms with E-state index in [1.54, 1.807) is 24.3 Å². The van der Waals surface area contributed by atoms with Crippen LogP contribution in [0.4, 0.5) is 10.5 Å². The van der Waals surface area contributed by atoms with E-state index in [0.29, 0.717) is 11.3 Å². The number of hydrogen-bond donors (Lipinski definition) is 3. The van der Waals surface area contributed by atoms with Gasteiger partial charge in [0, 0.05) is 16.8 Å². The number of ether oxygens (including phenoxy) is 4. The molecule has 184 valence electrons. The molecule has 1 unspecified atom stereocenters. The van der Waals surface area contributed by atoms with Crippen LogP contribution >= 0.6 is 0 Å². The summed E-state index contributed by atoms with van der Waals surface area (Å²) >= 11 is 0. The lowest BCUT2D eigenvalue weighted by molar-refractivity contribution is -0.136. The largest absolute Gasteiger partial charge is 0.489 e. The molecule has 2 aromatic rings. The molecule has 1 atom stereocenters. The molecule has 0 radical (unpaired) electrons. The number of esters is 2. The first kappa shape index (κ1) is 25.0. The molecule has 12 heteroatoms. The van der Waals surface area contributed by atoms with E-state index < -0.39 is 36.5 Å². The molecule has 0 aromatic heterocycles. The molecule has 0 bridgehead atoms. The van der Waals surface area contributed by atoms with Crippen LogP contribution in [-0.4, -0.2) is 68.4 Å². The minimum Gasteiger partial charge on any atom is -0.489 e. The van der Waals surface area contributed by atoms with Crippen molar-refractivity contribution in [1.82, 2.24) is 0 Å². The van der Waals surface area contributed by atoms with E-state index in [2.05, 4.69) is 4.74 Å². The first-order valence-corrected chi connectivity index (χ1v) is 10.3. The molecule has 0 spiro atoms. The van der Waals surface area contributed by atoms with Gasteiger partial charge in [0.15, 0.2) is 6.10 Å². The summed E-state index contributed by atoms with van der Waals surface area (Å²) in [7, 11) is 2.22. The number of nitrogens with two attached hydrogens (primary N) is 1. The van der Waals surface area contributed by atoms with E-state index in [-0.39, 0.29) is 41.4 Å². The van der Waals surface area contributed by atoms with Gasteiger partial charge in [0.1, 0.15) is 18.2 Å². The summed E-state index contributed by atoms with van der Waals surface area (Å²) in [5.74, 6) is -3.14. The SMILES string of the molecule is COC(=O)c1ccc(OCC2CN(c3ccc(C(=N)N)cc3)C(=O)O2)c(CC(=O)O)c1C(=O)OC. The molecule has 0 saturated carbocycles. The van der Waals surface area contributed by atoms with Crippen LogP contribution < -0.4 is 15.4 Å². The lowest BCUT2D eigenvalue weighted by Gasteiger charge is -2.17. The highest BCUT2D eigenvalue weighted by Crippen LogP contribution is 2.29. The van der Waals surface area contributed by atoms with E-state index in [9.17, 15) is 24.3 Å². The zero-order chi connectivity index (χ0) is 25.7. The van der Waals surface area contributed by atoms with Gasteiger partial charge >= 0.3 is 24.0 Å². The van der Waals surface area contributed by atoms with Crippen molar-refractivity contribution in [3.05, 3.63) is 58.7 Å². The molecule has 1 saturated heterocycles. The lowest BCUT2D eigenvalue weighted by Crippen LogP contribution is -2.27. The highest BCUT2D eigenvalue weighted by molar-refractivity contribution is 6.05. The van der Waals surface area contributed by atoms with Gasteiger partial charge in [-0.1, -0.05) is 0 Å². The number of aliphatic carboxylic acids is 1. The average molecular weight is 485 g/mol. The maximum Gasteiger partial charge on any atom is 0.414 e. The standard InChI is InChI=1S/C23H23N3O9/c1-32-21(29)15-7-8-17(16(9-18(27)28)19(15)22(30)33-2)34-11-14-10-26(23(31)35-14)13-5-3-12(4-6-13)20(24)25/h3-8,14H,9-11H2,1-2H3,(H3,24,25)(H,27,28). The summed E-state index contributed by atoms with van der Waals surface area (Å²) in [5, 5.41) is 16.8. The second-order valence-electron chi connectivity index (χ2n) is 7.41. The Kier molecular flexibility index (Phi) is 7.54. The molecule has 1 aliphatic rings. The van der Waals surface area contributed by atoms with Crippen molar-refractivity contribution in [3.63, 3.8) is 0 Å². The van der Waals surface area contributed by atoms with Gasteiger partial charge in [0.25, 0.3) is 0 Å². The molecule has 1 fully saturated rings. The van der Waals surface area contributed by atoms with Gasteiger partial charge in [-0.25, -0.2) is 14.4 Å². The summed E-state index contributed by atoms with van der Waals surface area (Å²) in [5.41, 5.74) is 5.95. The van der Waals surface area contributed by atoms with Crippen LogP contribution in [0.3, 0.4) is 0 Å². The third kappa shape index (κ3) is 5.49. The van der Waals surface area contributed by atoms with Crippen molar-refractivity contribution in [2.45, 2.75) is 12.5 Å². The molecule has 3 rings (SSSR count). The number of rotatable bonds is 9. The zero-order valence-corrected chi connectivity index (χ0v) is 18.9. The monoisotopic (exact) mass is 485 g/mol. The van der Waals surface area contributed by atoms with Gasteiger partial charge in [0.2, 0.25) is 0 Å². The smallest absolute Gasteiger partial charge is 0.414 e. The summed E-state index contributed by atoms with van der Waals surface area (Å²) in [6, 6.07) is 9.06. The number of carboxylic acid groups (broad SMARTS) is 1. The number of hydrogen-bond acceptors (Lipinski definition) is 9. The summed E-state index contributed by atoms with van der Waals surface area (Å²) in [6.45, 7) is -0.0187. The lowest BCUT2D eigenvalue weighted by atomic mass is 9.97. The number of nitrogens with one attached hydrogen (secondary N) is 1. The van der Waals surface area contributed by atoms with E-state index in [0.717, 1.165) is 14.2 Å². The molecule has 1 aliphatic heterocycles. The molecular formula is C23H23N3O9. The number of carbonyl (C=O) groups is 4. The Morgan fingerprint density at radius 1 is 1.11 bits per heavy atom. The third-order valence-electron chi connectivity index (χ3n) is 5.18. The Balaban J connectivity index is 1.83. The summed E-state index contributed by atoms with van der Waals surface area (Å²) in [4.78, 5) is 49.7. The fourth-order valence-corrected chi connectivity index (χ4v) is 3.53. The predicted octanol–water partition coefficient (Wildman–Crippen LogP) is 1.58. The number of amides is 1. The van der Waals surface area contributed by atoms with Gasteiger partial charge < -0.3 is 29.8 Å². The van der Waals surface area contributed by atoms with Crippen molar-refractivity contribution < 1.29 is 43.2 Å². The average Bonchev–Trinajstić information content (AvgIpc) is 3.21. The van der Waals surface area contributed by atoms with E-state index in [1.807, 2.05) is 0 Å². The first-order chi connectivity index (χ1) is 16.7. The Morgan fingerprint density at radius 2 is 1.77 bits per heavy atom. The fourth-order valence-electron chi connectivity index (χ4n) is 3.53. The van der Waals surface area contributed by atoms with Crippen molar-refractivity contribution in [2.24, 2.45) is 5.73 Å². The predicted molar refractivity (Wildman–Crippen MR) is 121 cm³/mol. The van der Waals surface area contributed by atoms with Gasteiger partial charge in [-0.2, -0.15) is 0 Å². The second-order valence-corrected chi connectivity index (χ2v) is 7.41. The number of amidine groups is 1. The molecule has 1 heterocycles. The Hall–Kier alpha value is -4.61. The van der Waals surface area contributed by atoms with Crippen LogP contribution in [0, 0.1) is 5.41 Å². The zero-order valence-electron chi connectivity index (χ0n) is 18.9. The minimum atomic E-state index is -1.27. The Labute approximate surface area is 199 Å². The van der Waals surface area contributed by atoms with E-state index >= 15 is 0 Å².